The second-order valence-corrected chi connectivity index (χ2v) is 3.70. The van der Waals surface area contributed by atoms with Crippen LogP contribution in [0.3, 0.4) is 0 Å². The minimum absolute atomic E-state index is 0.194. The minimum Gasteiger partial charge on any atom is -0.391 e. The van der Waals surface area contributed by atoms with Crippen molar-refractivity contribution in [1.82, 2.24) is 4.90 Å². The monoisotopic (exact) mass is 204 g/mol. The Balaban J connectivity index is 2.37. The van der Waals surface area contributed by atoms with Crippen LogP contribution in [0.2, 0.25) is 0 Å². The SMILES string of the molecule is CN(Cc1ccccc1)C[C@@H](O)CC#N. The molecule has 15 heavy (non-hydrogen) atoms. The first-order valence-electron chi connectivity index (χ1n) is 5.00. The molecule has 0 saturated carbocycles. The van der Waals surface area contributed by atoms with E-state index in [0.717, 1.165) is 6.54 Å². The second kappa shape index (κ2) is 6.18. The number of nitriles is 1. The first-order chi connectivity index (χ1) is 7.22. The lowest BCUT2D eigenvalue weighted by Gasteiger charge is -2.18. The van der Waals surface area contributed by atoms with Gasteiger partial charge in [0.1, 0.15) is 0 Å². The zero-order chi connectivity index (χ0) is 11.1. The molecule has 1 aromatic rings. The molecule has 1 N–H and O–H groups in total. The summed E-state index contributed by atoms with van der Waals surface area (Å²) < 4.78 is 0. The zero-order valence-electron chi connectivity index (χ0n) is 8.93. The van der Waals surface area contributed by atoms with Gasteiger partial charge in [0.25, 0.3) is 0 Å². The largest absolute Gasteiger partial charge is 0.391 e. The summed E-state index contributed by atoms with van der Waals surface area (Å²) in [7, 11) is 1.94. The molecule has 1 rings (SSSR count). The molecule has 0 saturated heterocycles. The number of benzene rings is 1. The van der Waals surface area contributed by atoms with Gasteiger partial charge >= 0.3 is 0 Å². The van der Waals surface area contributed by atoms with Crippen LogP contribution in [0.15, 0.2) is 30.3 Å². The van der Waals surface area contributed by atoms with Gasteiger partial charge in [0.05, 0.1) is 18.6 Å². The highest BCUT2D eigenvalue weighted by Gasteiger charge is 2.07. The van der Waals surface area contributed by atoms with Crippen molar-refractivity contribution in [1.29, 1.82) is 5.26 Å². The van der Waals surface area contributed by atoms with Crippen LogP contribution in [0.1, 0.15) is 12.0 Å². The van der Waals surface area contributed by atoms with E-state index in [9.17, 15) is 5.11 Å². The van der Waals surface area contributed by atoms with Crippen LogP contribution in [0.4, 0.5) is 0 Å². The van der Waals surface area contributed by atoms with Crippen molar-refractivity contribution in [2.45, 2.75) is 19.1 Å². The Labute approximate surface area is 90.6 Å². The number of likely N-dealkylation sites (N-methyl/N-ethyl adjacent to an activating group) is 1. The molecule has 0 aliphatic rings. The Morgan fingerprint density at radius 3 is 2.67 bits per heavy atom. The molecule has 0 fully saturated rings. The summed E-state index contributed by atoms with van der Waals surface area (Å²) >= 11 is 0. The highest BCUT2D eigenvalue weighted by atomic mass is 16.3. The molecule has 3 nitrogen and oxygen atoms in total. The molecule has 0 spiro atoms. The van der Waals surface area contributed by atoms with Crippen molar-refractivity contribution >= 4 is 0 Å². The third-order valence-corrected chi connectivity index (χ3v) is 2.14. The van der Waals surface area contributed by atoms with Crippen molar-refractivity contribution in [3.63, 3.8) is 0 Å². The smallest absolute Gasteiger partial charge is 0.0796 e. The van der Waals surface area contributed by atoms with Crippen LogP contribution in [-0.2, 0) is 6.54 Å². The number of hydrogen-bond acceptors (Lipinski definition) is 3. The van der Waals surface area contributed by atoms with Gasteiger partial charge in [-0.25, -0.2) is 0 Å². The average Bonchev–Trinajstić information content (AvgIpc) is 2.19. The second-order valence-electron chi connectivity index (χ2n) is 3.70. The van der Waals surface area contributed by atoms with E-state index >= 15 is 0 Å². The minimum atomic E-state index is -0.552. The summed E-state index contributed by atoms with van der Waals surface area (Å²) in [6.45, 7) is 1.33. The summed E-state index contributed by atoms with van der Waals surface area (Å²) in [5.41, 5.74) is 1.21. The highest BCUT2D eigenvalue weighted by Crippen LogP contribution is 2.03. The molecule has 0 aromatic heterocycles. The van der Waals surface area contributed by atoms with E-state index in [1.54, 1.807) is 0 Å². The van der Waals surface area contributed by atoms with Crippen LogP contribution in [-0.4, -0.2) is 29.7 Å². The first kappa shape index (κ1) is 11.7. The quantitative estimate of drug-likeness (QED) is 0.788. The number of hydrogen-bond donors (Lipinski definition) is 1. The Hall–Kier alpha value is -1.37. The van der Waals surface area contributed by atoms with Gasteiger partial charge in [-0.3, -0.25) is 4.90 Å². The number of aliphatic hydroxyl groups is 1. The van der Waals surface area contributed by atoms with Crippen molar-refractivity contribution in [3.8, 4) is 6.07 Å². The van der Waals surface area contributed by atoms with E-state index in [1.807, 2.05) is 48.3 Å². The van der Waals surface area contributed by atoms with E-state index in [4.69, 9.17) is 5.26 Å². The molecule has 80 valence electrons. The maximum absolute atomic E-state index is 9.43. The van der Waals surface area contributed by atoms with Gasteiger partial charge in [0.15, 0.2) is 0 Å². The molecule has 1 aromatic carbocycles. The van der Waals surface area contributed by atoms with Crippen LogP contribution in [0.25, 0.3) is 0 Å². The number of nitrogens with zero attached hydrogens (tertiary/aromatic N) is 2. The standard InChI is InChI=1S/C12H16N2O/c1-14(10-12(15)7-8-13)9-11-5-3-2-4-6-11/h2-6,12,15H,7,9-10H2,1H3/t12-/m0/s1. The van der Waals surface area contributed by atoms with Crippen molar-refractivity contribution < 1.29 is 5.11 Å². The topological polar surface area (TPSA) is 47.3 Å². The summed E-state index contributed by atoms with van der Waals surface area (Å²) in [4.78, 5) is 2.01. The van der Waals surface area contributed by atoms with Gasteiger partial charge in [-0.2, -0.15) is 5.26 Å². The normalized spacial score (nSPS) is 12.4. The molecule has 0 aliphatic carbocycles. The van der Waals surface area contributed by atoms with Crippen molar-refractivity contribution in [3.05, 3.63) is 35.9 Å². The summed E-state index contributed by atoms with van der Waals surface area (Å²) in [6.07, 6.45) is -0.359. The van der Waals surface area contributed by atoms with E-state index in [0.29, 0.717) is 6.54 Å². The van der Waals surface area contributed by atoms with Crippen LogP contribution in [0, 0.1) is 11.3 Å². The van der Waals surface area contributed by atoms with Crippen LogP contribution < -0.4 is 0 Å². The van der Waals surface area contributed by atoms with Gasteiger partial charge in [-0.15, -0.1) is 0 Å². The molecular formula is C12H16N2O. The number of rotatable bonds is 5. The molecule has 0 bridgehead atoms. The van der Waals surface area contributed by atoms with Crippen molar-refractivity contribution in [2.24, 2.45) is 0 Å². The highest BCUT2D eigenvalue weighted by molar-refractivity contribution is 5.14. The molecule has 3 heteroatoms. The molecule has 0 aliphatic heterocycles. The maximum atomic E-state index is 9.43. The first-order valence-corrected chi connectivity index (χ1v) is 5.00. The third-order valence-electron chi connectivity index (χ3n) is 2.14. The number of aliphatic hydroxyl groups excluding tert-OH is 1. The Bertz CT molecular complexity index is 318. The predicted octanol–water partition coefficient (Wildman–Crippen LogP) is 1.39. The van der Waals surface area contributed by atoms with Gasteiger partial charge in [-0.05, 0) is 12.6 Å². The van der Waals surface area contributed by atoms with E-state index in [2.05, 4.69) is 0 Å². The molecule has 0 heterocycles. The van der Waals surface area contributed by atoms with Gasteiger partial charge < -0.3 is 5.11 Å². The summed E-state index contributed by atoms with van der Waals surface area (Å²) in [6, 6.07) is 12.0. The average molecular weight is 204 g/mol. The lowest BCUT2D eigenvalue weighted by Crippen LogP contribution is -2.28. The fraction of sp³-hybridized carbons (Fsp3) is 0.417. The van der Waals surface area contributed by atoms with E-state index in [1.165, 1.54) is 5.56 Å². The van der Waals surface area contributed by atoms with E-state index < -0.39 is 6.10 Å². The Kier molecular flexibility index (Phi) is 4.82. The summed E-state index contributed by atoms with van der Waals surface area (Å²) in [5, 5.41) is 17.8. The Morgan fingerprint density at radius 2 is 2.07 bits per heavy atom. The molecular weight excluding hydrogens is 188 g/mol. The predicted molar refractivity (Wildman–Crippen MR) is 59.0 cm³/mol. The Morgan fingerprint density at radius 1 is 1.40 bits per heavy atom. The van der Waals surface area contributed by atoms with E-state index in [-0.39, 0.29) is 6.42 Å². The third kappa shape index (κ3) is 4.59. The molecule has 0 radical (unpaired) electrons. The van der Waals surface area contributed by atoms with Gasteiger partial charge in [-0.1, -0.05) is 30.3 Å². The summed E-state index contributed by atoms with van der Waals surface area (Å²) in [5.74, 6) is 0. The molecule has 0 unspecified atom stereocenters. The lowest BCUT2D eigenvalue weighted by molar-refractivity contribution is 0.126. The van der Waals surface area contributed by atoms with Gasteiger partial charge in [0.2, 0.25) is 0 Å². The van der Waals surface area contributed by atoms with Crippen LogP contribution in [0.5, 0.6) is 0 Å². The fourth-order valence-electron chi connectivity index (χ4n) is 1.49. The molecule has 0 amide bonds. The molecule has 1 atom stereocenters. The lowest BCUT2D eigenvalue weighted by atomic mass is 10.2. The fourth-order valence-corrected chi connectivity index (χ4v) is 1.49. The van der Waals surface area contributed by atoms with Gasteiger partial charge in [0, 0.05) is 13.1 Å². The van der Waals surface area contributed by atoms with Crippen LogP contribution >= 0.6 is 0 Å². The van der Waals surface area contributed by atoms with Crippen molar-refractivity contribution in [2.75, 3.05) is 13.6 Å². The zero-order valence-corrected chi connectivity index (χ0v) is 8.93. The maximum Gasteiger partial charge on any atom is 0.0796 e.